The summed E-state index contributed by atoms with van der Waals surface area (Å²) < 4.78 is 43.6. The van der Waals surface area contributed by atoms with Crippen molar-refractivity contribution in [3.05, 3.63) is 42.0 Å². The van der Waals surface area contributed by atoms with Crippen molar-refractivity contribution in [2.75, 3.05) is 19.7 Å². The van der Waals surface area contributed by atoms with Crippen LogP contribution in [0.2, 0.25) is 0 Å². The average molecular weight is 316 g/mol. The molecule has 1 rings (SSSR count). The Balaban J connectivity index is 3.04. The number of nitrogens with one attached hydrogen (secondary N) is 1. The molecule has 0 saturated carbocycles. The first-order valence-electron chi connectivity index (χ1n) is 6.72. The highest BCUT2D eigenvalue weighted by Crippen LogP contribution is 2.32. The van der Waals surface area contributed by atoms with Crippen molar-refractivity contribution in [1.82, 2.24) is 5.32 Å². The van der Waals surface area contributed by atoms with E-state index in [2.05, 4.69) is 11.9 Å². The van der Waals surface area contributed by atoms with Crippen LogP contribution in [0.15, 0.2) is 30.9 Å². The van der Waals surface area contributed by atoms with Gasteiger partial charge in [0.05, 0.1) is 11.1 Å². The van der Waals surface area contributed by atoms with Crippen LogP contribution in [-0.4, -0.2) is 25.6 Å². The standard InChI is InChI=1S/C15H19F3N2O2/c1-3-6-22-13-5-4-11(15(16,17)18)7-12(13)14(21)20-9-10(2)8-19/h3-5,7,10H,1,6,8-9,19H2,2H3,(H,20,21). The molecule has 3 N–H and O–H groups in total. The van der Waals surface area contributed by atoms with Crippen LogP contribution in [0.3, 0.4) is 0 Å². The first-order valence-corrected chi connectivity index (χ1v) is 6.72. The maximum Gasteiger partial charge on any atom is 0.416 e. The first-order chi connectivity index (χ1) is 10.3. The molecule has 1 unspecified atom stereocenters. The molecule has 0 bridgehead atoms. The molecule has 0 aliphatic rings. The lowest BCUT2D eigenvalue weighted by molar-refractivity contribution is -0.137. The summed E-state index contributed by atoms with van der Waals surface area (Å²) in [4.78, 5) is 12.1. The molecule has 4 nitrogen and oxygen atoms in total. The Labute approximate surface area is 127 Å². The van der Waals surface area contributed by atoms with Crippen LogP contribution in [0.1, 0.15) is 22.8 Å². The molecule has 7 heteroatoms. The molecule has 0 fully saturated rings. The van der Waals surface area contributed by atoms with Crippen LogP contribution in [0.4, 0.5) is 13.2 Å². The summed E-state index contributed by atoms with van der Waals surface area (Å²) in [6.07, 6.45) is -3.09. The molecular weight excluding hydrogens is 297 g/mol. The van der Waals surface area contributed by atoms with E-state index in [1.807, 2.05) is 6.92 Å². The zero-order chi connectivity index (χ0) is 16.8. The van der Waals surface area contributed by atoms with E-state index in [9.17, 15) is 18.0 Å². The lowest BCUT2D eigenvalue weighted by Crippen LogP contribution is -2.31. The van der Waals surface area contributed by atoms with Gasteiger partial charge in [0.2, 0.25) is 0 Å². The predicted octanol–water partition coefficient (Wildman–Crippen LogP) is 2.59. The Kier molecular flexibility index (Phi) is 6.42. The molecule has 0 saturated heterocycles. The van der Waals surface area contributed by atoms with Gasteiger partial charge < -0.3 is 15.8 Å². The number of halogens is 3. The maximum absolute atomic E-state index is 12.8. The number of carbonyl (C=O) groups is 1. The lowest BCUT2D eigenvalue weighted by Gasteiger charge is -2.15. The molecule has 0 spiro atoms. The number of ether oxygens (including phenoxy) is 1. The fourth-order valence-electron chi connectivity index (χ4n) is 1.60. The largest absolute Gasteiger partial charge is 0.489 e. The molecule has 0 aliphatic carbocycles. The summed E-state index contributed by atoms with van der Waals surface area (Å²) in [7, 11) is 0. The first kappa shape index (κ1) is 18.0. The number of carbonyl (C=O) groups excluding carboxylic acids is 1. The fourth-order valence-corrected chi connectivity index (χ4v) is 1.60. The predicted molar refractivity (Wildman–Crippen MR) is 77.7 cm³/mol. The van der Waals surface area contributed by atoms with Gasteiger partial charge in [-0.25, -0.2) is 0 Å². The topological polar surface area (TPSA) is 64.3 Å². The highest BCUT2D eigenvalue weighted by molar-refractivity contribution is 5.97. The lowest BCUT2D eigenvalue weighted by atomic mass is 10.1. The van der Waals surface area contributed by atoms with Gasteiger partial charge in [0, 0.05) is 6.54 Å². The van der Waals surface area contributed by atoms with Crippen molar-refractivity contribution in [1.29, 1.82) is 0 Å². The highest BCUT2D eigenvalue weighted by Gasteiger charge is 2.32. The van der Waals surface area contributed by atoms with E-state index in [0.29, 0.717) is 6.54 Å². The van der Waals surface area contributed by atoms with E-state index < -0.39 is 17.6 Å². The van der Waals surface area contributed by atoms with Crippen LogP contribution in [0, 0.1) is 5.92 Å². The molecule has 0 aliphatic heterocycles. The van der Waals surface area contributed by atoms with Gasteiger partial charge >= 0.3 is 6.18 Å². The smallest absolute Gasteiger partial charge is 0.416 e. The van der Waals surface area contributed by atoms with Crippen molar-refractivity contribution in [2.24, 2.45) is 11.7 Å². The van der Waals surface area contributed by atoms with E-state index >= 15 is 0 Å². The quantitative estimate of drug-likeness (QED) is 0.760. The Bertz CT molecular complexity index is 530. The zero-order valence-corrected chi connectivity index (χ0v) is 12.2. The summed E-state index contributed by atoms with van der Waals surface area (Å²) in [5.41, 5.74) is 4.37. The van der Waals surface area contributed by atoms with Gasteiger partial charge in [0.25, 0.3) is 5.91 Å². The second-order valence-corrected chi connectivity index (χ2v) is 4.86. The maximum atomic E-state index is 12.8. The van der Waals surface area contributed by atoms with E-state index in [-0.39, 0.29) is 30.4 Å². The third-order valence-electron chi connectivity index (χ3n) is 2.92. The van der Waals surface area contributed by atoms with Gasteiger partial charge in [-0.2, -0.15) is 13.2 Å². The van der Waals surface area contributed by atoms with E-state index in [1.165, 1.54) is 6.08 Å². The summed E-state index contributed by atoms with van der Waals surface area (Å²) in [6.45, 7) is 6.00. The number of nitrogens with two attached hydrogens (primary N) is 1. The molecule has 122 valence electrons. The van der Waals surface area contributed by atoms with E-state index in [1.54, 1.807) is 0 Å². The molecule has 1 aromatic rings. The van der Waals surface area contributed by atoms with Gasteiger partial charge in [-0.3, -0.25) is 4.79 Å². The summed E-state index contributed by atoms with van der Waals surface area (Å²) >= 11 is 0. The van der Waals surface area contributed by atoms with Crippen LogP contribution in [0.25, 0.3) is 0 Å². The van der Waals surface area contributed by atoms with Crippen molar-refractivity contribution >= 4 is 5.91 Å². The molecule has 0 radical (unpaired) electrons. The normalized spacial score (nSPS) is 12.6. The van der Waals surface area contributed by atoms with Gasteiger partial charge in [-0.05, 0) is 30.7 Å². The minimum Gasteiger partial charge on any atom is -0.489 e. The van der Waals surface area contributed by atoms with Crippen molar-refractivity contribution < 1.29 is 22.7 Å². The minimum absolute atomic E-state index is 0.0206. The van der Waals surface area contributed by atoms with Gasteiger partial charge in [0.1, 0.15) is 12.4 Å². The monoisotopic (exact) mass is 316 g/mol. The number of hydrogen-bond acceptors (Lipinski definition) is 3. The van der Waals surface area contributed by atoms with Crippen LogP contribution < -0.4 is 15.8 Å². The second-order valence-electron chi connectivity index (χ2n) is 4.86. The summed E-state index contributed by atoms with van der Waals surface area (Å²) in [5.74, 6) is -0.538. The minimum atomic E-state index is -4.53. The Hall–Kier alpha value is -2.02. The molecule has 22 heavy (non-hydrogen) atoms. The third-order valence-corrected chi connectivity index (χ3v) is 2.92. The van der Waals surface area contributed by atoms with Gasteiger partial charge in [-0.15, -0.1) is 0 Å². The fraction of sp³-hybridized carbons (Fsp3) is 0.400. The summed E-state index contributed by atoms with van der Waals surface area (Å²) in [6, 6.07) is 2.78. The molecular formula is C15H19F3N2O2. The Morgan fingerprint density at radius 2 is 2.18 bits per heavy atom. The van der Waals surface area contributed by atoms with Crippen molar-refractivity contribution in [3.63, 3.8) is 0 Å². The number of hydrogen-bond donors (Lipinski definition) is 2. The number of alkyl halides is 3. The van der Waals surface area contributed by atoms with Gasteiger partial charge in [-0.1, -0.05) is 19.6 Å². The SMILES string of the molecule is C=CCOc1ccc(C(F)(F)F)cc1C(=O)NCC(C)CN. The average Bonchev–Trinajstić information content (AvgIpc) is 2.48. The molecule has 0 aromatic heterocycles. The third kappa shape index (κ3) is 5.07. The molecule has 0 heterocycles. The molecule has 1 atom stereocenters. The van der Waals surface area contributed by atoms with Crippen molar-refractivity contribution in [2.45, 2.75) is 13.1 Å². The zero-order valence-electron chi connectivity index (χ0n) is 12.2. The number of rotatable bonds is 7. The highest BCUT2D eigenvalue weighted by atomic mass is 19.4. The Morgan fingerprint density at radius 1 is 1.50 bits per heavy atom. The molecule has 1 amide bonds. The van der Waals surface area contributed by atoms with Gasteiger partial charge in [0.15, 0.2) is 0 Å². The van der Waals surface area contributed by atoms with E-state index in [0.717, 1.165) is 18.2 Å². The van der Waals surface area contributed by atoms with Crippen molar-refractivity contribution in [3.8, 4) is 5.75 Å². The van der Waals surface area contributed by atoms with Crippen LogP contribution in [-0.2, 0) is 6.18 Å². The Morgan fingerprint density at radius 3 is 2.73 bits per heavy atom. The second kappa shape index (κ2) is 7.84. The molecule has 1 aromatic carbocycles. The number of amides is 1. The van der Waals surface area contributed by atoms with Crippen LogP contribution >= 0.6 is 0 Å². The number of benzene rings is 1. The van der Waals surface area contributed by atoms with E-state index in [4.69, 9.17) is 10.5 Å². The van der Waals surface area contributed by atoms with Crippen LogP contribution in [0.5, 0.6) is 5.75 Å². The summed E-state index contributed by atoms with van der Waals surface area (Å²) in [5, 5.41) is 2.55.